The highest BCUT2D eigenvalue weighted by molar-refractivity contribution is 5.86. The Bertz CT molecular complexity index is 282. The number of hydrogen-bond acceptors (Lipinski definition) is 4. The van der Waals surface area contributed by atoms with E-state index in [1.54, 1.807) is 6.08 Å². The minimum absolute atomic E-state index is 0.0545. The van der Waals surface area contributed by atoms with Gasteiger partial charge in [-0.15, -0.1) is 0 Å². The van der Waals surface area contributed by atoms with Crippen molar-refractivity contribution in [2.45, 2.75) is 19.1 Å². The Labute approximate surface area is 81.6 Å². The van der Waals surface area contributed by atoms with E-state index in [1.165, 1.54) is 7.11 Å². The number of carbonyl (C=O) groups is 1. The first kappa shape index (κ1) is 10.4. The van der Waals surface area contributed by atoms with E-state index in [2.05, 4.69) is 9.73 Å². The van der Waals surface area contributed by atoms with Gasteiger partial charge in [-0.05, 0) is 12.5 Å². The SMILES string of the molecule is COC(=O)C1=CCCC(N=C(N)N)O1. The van der Waals surface area contributed by atoms with Crippen molar-refractivity contribution in [1.82, 2.24) is 0 Å². The van der Waals surface area contributed by atoms with Crippen molar-refractivity contribution in [1.29, 1.82) is 0 Å². The molecule has 1 aliphatic heterocycles. The van der Waals surface area contributed by atoms with Gasteiger partial charge in [0.1, 0.15) is 0 Å². The molecule has 0 amide bonds. The van der Waals surface area contributed by atoms with Crippen molar-refractivity contribution in [3.63, 3.8) is 0 Å². The first-order valence-corrected chi connectivity index (χ1v) is 4.17. The number of nitrogens with zero attached hydrogens (tertiary/aromatic N) is 1. The summed E-state index contributed by atoms with van der Waals surface area (Å²) in [5, 5.41) is 0. The summed E-state index contributed by atoms with van der Waals surface area (Å²) in [6.07, 6.45) is 2.51. The molecule has 1 rings (SSSR count). The highest BCUT2D eigenvalue weighted by atomic mass is 16.6. The molecule has 0 aromatic heterocycles. The topological polar surface area (TPSA) is 99.9 Å². The van der Waals surface area contributed by atoms with Crippen molar-refractivity contribution in [2.75, 3.05) is 7.11 Å². The number of methoxy groups -OCH3 is 1. The van der Waals surface area contributed by atoms with Gasteiger partial charge in [0.25, 0.3) is 0 Å². The van der Waals surface area contributed by atoms with E-state index in [9.17, 15) is 4.79 Å². The average Bonchev–Trinajstić information content (AvgIpc) is 2.16. The van der Waals surface area contributed by atoms with Gasteiger partial charge < -0.3 is 20.9 Å². The van der Waals surface area contributed by atoms with E-state index in [0.717, 1.165) is 0 Å². The molecule has 0 spiro atoms. The number of allylic oxidation sites excluding steroid dienone is 1. The fourth-order valence-electron chi connectivity index (χ4n) is 1.10. The zero-order chi connectivity index (χ0) is 10.6. The first-order chi connectivity index (χ1) is 6.63. The monoisotopic (exact) mass is 199 g/mol. The van der Waals surface area contributed by atoms with Crippen molar-refractivity contribution < 1.29 is 14.3 Å². The zero-order valence-corrected chi connectivity index (χ0v) is 7.90. The lowest BCUT2D eigenvalue weighted by atomic mass is 10.2. The molecular weight excluding hydrogens is 186 g/mol. The maximum absolute atomic E-state index is 11.1. The van der Waals surface area contributed by atoms with Crippen LogP contribution in [0.3, 0.4) is 0 Å². The lowest BCUT2D eigenvalue weighted by molar-refractivity contribution is -0.141. The predicted octanol–water partition coefficient (Wildman–Crippen LogP) is -0.547. The Balaban J connectivity index is 2.62. The summed E-state index contributed by atoms with van der Waals surface area (Å²) in [5.41, 5.74) is 10.4. The third-order valence-corrected chi connectivity index (χ3v) is 1.69. The minimum atomic E-state index is -0.513. The molecule has 78 valence electrons. The van der Waals surface area contributed by atoms with Crippen molar-refractivity contribution in [3.05, 3.63) is 11.8 Å². The molecule has 1 heterocycles. The van der Waals surface area contributed by atoms with E-state index in [1.807, 2.05) is 0 Å². The minimum Gasteiger partial charge on any atom is -0.463 e. The van der Waals surface area contributed by atoms with Crippen molar-refractivity contribution in [3.8, 4) is 0 Å². The molecule has 0 aliphatic carbocycles. The molecule has 0 saturated heterocycles. The first-order valence-electron chi connectivity index (χ1n) is 4.17. The molecular formula is C8H13N3O3. The lowest BCUT2D eigenvalue weighted by Gasteiger charge is -2.19. The summed E-state index contributed by atoms with van der Waals surface area (Å²) in [6.45, 7) is 0. The van der Waals surface area contributed by atoms with Crippen LogP contribution in [-0.2, 0) is 14.3 Å². The number of guanidine groups is 1. The summed E-state index contributed by atoms with van der Waals surface area (Å²) in [7, 11) is 1.29. The Morgan fingerprint density at radius 1 is 1.71 bits per heavy atom. The largest absolute Gasteiger partial charge is 0.463 e. The molecule has 14 heavy (non-hydrogen) atoms. The Hall–Kier alpha value is -1.72. The third kappa shape index (κ3) is 2.65. The summed E-state index contributed by atoms with van der Waals surface area (Å²) < 4.78 is 9.69. The van der Waals surface area contributed by atoms with Gasteiger partial charge in [-0.1, -0.05) is 0 Å². The second-order valence-corrected chi connectivity index (χ2v) is 2.76. The fourth-order valence-corrected chi connectivity index (χ4v) is 1.10. The van der Waals surface area contributed by atoms with Gasteiger partial charge in [-0.2, -0.15) is 0 Å². The summed E-state index contributed by atoms with van der Waals surface area (Å²) in [6, 6.07) is 0. The second kappa shape index (κ2) is 4.50. The quantitative estimate of drug-likeness (QED) is 0.353. The van der Waals surface area contributed by atoms with Gasteiger partial charge >= 0.3 is 5.97 Å². The molecule has 0 radical (unpaired) electrons. The average molecular weight is 199 g/mol. The molecule has 1 atom stereocenters. The third-order valence-electron chi connectivity index (χ3n) is 1.69. The highest BCUT2D eigenvalue weighted by Gasteiger charge is 2.21. The number of nitrogens with two attached hydrogens (primary N) is 2. The number of carbonyl (C=O) groups excluding carboxylic acids is 1. The summed E-state index contributed by atoms with van der Waals surface area (Å²) in [5.74, 6) is -0.407. The van der Waals surface area contributed by atoms with E-state index < -0.39 is 12.2 Å². The molecule has 1 aliphatic rings. The molecule has 6 heteroatoms. The number of rotatable bonds is 2. The number of aliphatic imine (C=N–C) groups is 1. The van der Waals surface area contributed by atoms with Crippen LogP contribution >= 0.6 is 0 Å². The van der Waals surface area contributed by atoms with E-state index in [-0.39, 0.29) is 11.7 Å². The molecule has 0 fully saturated rings. The van der Waals surface area contributed by atoms with Gasteiger partial charge in [-0.25, -0.2) is 9.79 Å². The van der Waals surface area contributed by atoms with Crippen LogP contribution in [0.4, 0.5) is 0 Å². The summed E-state index contributed by atoms with van der Waals surface area (Å²) in [4.78, 5) is 14.9. The van der Waals surface area contributed by atoms with Gasteiger partial charge in [0.05, 0.1) is 7.11 Å². The van der Waals surface area contributed by atoms with Gasteiger partial charge in [0.15, 0.2) is 12.2 Å². The Morgan fingerprint density at radius 2 is 2.43 bits per heavy atom. The molecule has 0 bridgehead atoms. The van der Waals surface area contributed by atoms with Crippen LogP contribution in [-0.4, -0.2) is 25.3 Å². The molecule has 1 unspecified atom stereocenters. The van der Waals surface area contributed by atoms with Crippen LogP contribution in [0, 0.1) is 0 Å². The maximum Gasteiger partial charge on any atom is 0.373 e. The standard InChI is InChI=1S/C8H13N3O3/c1-13-7(12)5-3-2-4-6(14-5)11-8(9)10/h3,6H,2,4H2,1H3,(H4,9,10,11). The van der Waals surface area contributed by atoms with E-state index >= 15 is 0 Å². The van der Waals surface area contributed by atoms with Crippen molar-refractivity contribution >= 4 is 11.9 Å². The fraction of sp³-hybridized carbons (Fsp3) is 0.500. The van der Waals surface area contributed by atoms with Crippen molar-refractivity contribution in [2.24, 2.45) is 16.5 Å². The van der Waals surface area contributed by atoms with Crippen LogP contribution in [0.15, 0.2) is 16.8 Å². The Kier molecular flexibility index (Phi) is 3.33. The number of ether oxygens (including phenoxy) is 2. The van der Waals surface area contributed by atoms with Crippen LogP contribution in [0.5, 0.6) is 0 Å². The van der Waals surface area contributed by atoms with Gasteiger partial charge in [0.2, 0.25) is 5.76 Å². The van der Waals surface area contributed by atoms with Gasteiger partial charge in [0, 0.05) is 6.42 Å². The van der Waals surface area contributed by atoms with Crippen LogP contribution < -0.4 is 11.5 Å². The molecule has 4 N–H and O–H groups in total. The van der Waals surface area contributed by atoms with Gasteiger partial charge in [-0.3, -0.25) is 0 Å². The molecule has 0 aromatic rings. The molecule has 0 aromatic carbocycles. The number of esters is 1. The van der Waals surface area contributed by atoms with Crippen LogP contribution in [0.2, 0.25) is 0 Å². The number of hydrogen-bond donors (Lipinski definition) is 2. The van der Waals surface area contributed by atoms with E-state index in [0.29, 0.717) is 12.8 Å². The smallest absolute Gasteiger partial charge is 0.373 e. The zero-order valence-electron chi connectivity index (χ0n) is 7.90. The summed E-state index contributed by atoms with van der Waals surface area (Å²) >= 11 is 0. The van der Waals surface area contributed by atoms with Crippen LogP contribution in [0.25, 0.3) is 0 Å². The predicted molar refractivity (Wildman–Crippen MR) is 50.0 cm³/mol. The van der Waals surface area contributed by atoms with Crippen LogP contribution in [0.1, 0.15) is 12.8 Å². The Morgan fingerprint density at radius 3 is 3.00 bits per heavy atom. The lowest BCUT2D eigenvalue weighted by Crippen LogP contribution is -2.28. The highest BCUT2D eigenvalue weighted by Crippen LogP contribution is 2.18. The normalized spacial score (nSPS) is 20.4. The van der Waals surface area contributed by atoms with E-state index in [4.69, 9.17) is 16.2 Å². The molecule has 6 nitrogen and oxygen atoms in total. The molecule has 0 saturated carbocycles. The maximum atomic E-state index is 11.1. The second-order valence-electron chi connectivity index (χ2n) is 2.76.